The molecule has 11 nitrogen and oxygen atoms in total. The van der Waals surface area contributed by atoms with Gasteiger partial charge in [-0.25, -0.2) is 9.78 Å². The SMILES string of the molecule is COc1cc(-c2nccc(-c3cccc(-c4cc(Cl)c(CN(CC5CCC(=O)N5)C(=O)O)c(OC)n4)c3Cl)c2Cl)cc2c1CN(CCO[Si](C)(C)C(C)(C)C)CC2. The van der Waals surface area contributed by atoms with E-state index < -0.39 is 14.4 Å². The van der Waals surface area contributed by atoms with Gasteiger partial charge in [0.15, 0.2) is 8.32 Å². The Hall–Kier alpha value is -3.91. The first-order valence-electron chi connectivity index (χ1n) is 19.0. The van der Waals surface area contributed by atoms with Crippen LogP contribution in [0.2, 0.25) is 33.2 Å². The number of halogens is 3. The van der Waals surface area contributed by atoms with Crippen LogP contribution in [-0.4, -0.2) is 91.7 Å². The van der Waals surface area contributed by atoms with Crippen molar-refractivity contribution < 1.29 is 28.6 Å². The van der Waals surface area contributed by atoms with Crippen LogP contribution in [0.25, 0.3) is 33.6 Å². The molecule has 0 aliphatic carbocycles. The maximum Gasteiger partial charge on any atom is 0.407 e. The number of pyridine rings is 2. The number of fused-ring (bicyclic) bond motifs is 1. The Morgan fingerprint density at radius 2 is 1.77 bits per heavy atom. The molecule has 2 aliphatic heterocycles. The maximum absolute atomic E-state index is 12.2. The molecule has 2 aromatic carbocycles. The number of methoxy groups -OCH3 is 2. The largest absolute Gasteiger partial charge is 0.496 e. The van der Waals surface area contributed by atoms with Crippen LogP contribution in [0.4, 0.5) is 4.79 Å². The fourth-order valence-electron chi connectivity index (χ4n) is 7.08. The molecule has 0 radical (unpaired) electrons. The topological polar surface area (TPSA) is 126 Å². The number of nitrogens with zero attached hydrogens (tertiary/aromatic N) is 4. The Kier molecular flexibility index (Phi) is 13.1. The summed E-state index contributed by atoms with van der Waals surface area (Å²) in [5.74, 6) is 0.854. The summed E-state index contributed by atoms with van der Waals surface area (Å²) < 4.78 is 18.0. The molecule has 4 aromatic rings. The monoisotopic (exact) mass is 853 g/mol. The van der Waals surface area contributed by atoms with Crippen LogP contribution in [0.5, 0.6) is 11.6 Å². The molecule has 2 aromatic heterocycles. The molecule has 2 N–H and O–H groups in total. The van der Waals surface area contributed by atoms with Crippen molar-refractivity contribution in [1.82, 2.24) is 25.1 Å². The lowest BCUT2D eigenvalue weighted by atomic mass is 9.94. The molecule has 0 spiro atoms. The summed E-state index contributed by atoms with van der Waals surface area (Å²) in [4.78, 5) is 37.0. The van der Waals surface area contributed by atoms with Crippen molar-refractivity contribution in [3.63, 3.8) is 0 Å². The van der Waals surface area contributed by atoms with Gasteiger partial charge in [-0.3, -0.25) is 14.7 Å². The molecule has 57 heavy (non-hydrogen) atoms. The molecule has 304 valence electrons. The van der Waals surface area contributed by atoms with Crippen LogP contribution < -0.4 is 14.8 Å². The zero-order valence-corrected chi connectivity index (χ0v) is 36.7. The summed E-state index contributed by atoms with van der Waals surface area (Å²) in [5.41, 5.74) is 6.57. The lowest BCUT2D eigenvalue weighted by Crippen LogP contribution is -2.43. The smallest absolute Gasteiger partial charge is 0.407 e. The van der Waals surface area contributed by atoms with Crippen molar-refractivity contribution in [3.8, 4) is 45.3 Å². The average Bonchev–Trinajstić information content (AvgIpc) is 3.58. The van der Waals surface area contributed by atoms with Crippen LogP contribution in [0, 0.1) is 0 Å². The minimum Gasteiger partial charge on any atom is -0.496 e. The molecular weight excluding hydrogens is 805 g/mol. The number of carbonyl (C=O) groups is 2. The van der Waals surface area contributed by atoms with Crippen molar-refractivity contribution in [2.75, 3.05) is 40.5 Å². The van der Waals surface area contributed by atoms with E-state index in [2.05, 4.69) is 50.1 Å². The summed E-state index contributed by atoms with van der Waals surface area (Å²) in [6.07, 6.45) is 2.34. The Balaban J connectivity index is 1.25. The summed E-state index contributed by atoms with van der Waals surface area (Å²) >= 11 is 21.2. The molecule has 2 amide bonds. The number of rotatable bonds is 13. The lowest BCUT2D eigenvalue weighted by molar-refractivity contribution is -0.119. The van der Waals surface area contributed by atoms with Crippen LogP contribution >= 0.6 is 34.8 Å². The predicted octanol–water partition coefficient (Wildman–Crippen LogP) is 9.59. The summed E-state index contributed by atoms with van der Waals surface area (Å²) in [6.45, 7) is 14.6. The number of benzene rings is 2. The van der Waals surface area contributed by atoms with E-state index in [4.69, 9.17) is 58.7 Å². The van der Waals surface area contributed by atoms with Crippen molar-refractivity contribution in [3.05, 3.63) is 80.4 Å². The molecule has 2 aliphatic rings. The first-order valence-corrected chi connectivity index (χ1v) is 23.1. The first kappa shape index (κ1) is 42.7. The Bertz CT molecular complexity index is 2150. The minimum atomic E-state index is -1.83. The number of hydrogen-bond donors (Lipinski definition) is 2. The second-order valence-electron chi connectivity index (χ2n) is 16.1. The van der Waals surface area contributed by atoms with Gasteiger partial charge in [-0.15, -0.1) is 0 Å². The molecule has 4 heterocycles. The molecule has 1 atom stereocenters. The van der Waals surface area contributed by atoms with Gasteiger partial charge in [0.05, 0.1) is 52.8 Å². The van der Waals surface area contributed by atoms with Crippen LogP contribution in [0.1, 0.15) is 50.3 Å². The number of ether oxygens (including phenoxy) is 2. The van der Waals surface area contributed by atoms with Crippen LogP contribution in [0.15, 0.2) is 48.7 Å². The number of nitrogens with one attached hydrogen (secondary N) is 1. The standard InChI is InChI=1S/C42H50Cl3N5O6Si/c1-42(2,3)57(6,7)56-18-17-49-16-14-25-19-26(20-35(54-4)31(25)23-49)39-38(45)29(13-15-46-39)28-9-8-10-30(37(28)44)34-21-33(43)32(40(48-34)55-5)24-50(41(52)53)22-27-11-12-36(51)47-27/h8-10,13,15,19-21,27H,11-12,14,16-18,22-24H2,1-7H3,(H,47,51)(H,52,53). The maximum atomic E-state index is 12.2. The zero-order chi connectivity index (χ0) is 41.2. The van der Waals surface area contributed by atoms with Gasteiger partial charge in [0.25, 0.3) is 0 Å². The van der Waals surface area contributed by atoms with E-state index in [1.807, 2.05) is 30.3 Å². The van der Waals surface area contributed by atoms with E-state index in [1.54, 1.807) is 19.4 Å². The molecule has 0 bridgehead atoms. The predicted molar refractivity (Wildman–Crippen MR) is 228 cm³/mol. The van der Waals surface area contributed by atoms with E-state index in [0.29, 0.717) is 63.1 Å². The lowest BCUT2D eigenvalue weighted by Gasteiger charge is -2.37. The quantitative estimate of drug-likeness (QED) is 0.127. The molecule has 15 heteroatoms. The van der Waals surface area contributed by atoms with Crippen molar-refractivity contribution in [2.24, 2.45) is 0 Å². The van der Waals surface area contributed by atoms with Crippen molar-refractivity contribution in [1.29, 1.82) is 0 Å². The highest BCUT2D eigenvalue weighted by Gasteiger charge is 2.37. The van der Waals surface area contributed by atoms with Gasteiger partial charge in [0.2, 0.25) is 11.8 Å². The zero-order valence-electron chi connectivity index (χ0n) is 33.5. The van der Waals surface area contributed by atoms with E-state index in [0.717, 1.165) is 42.9 Å². The van der Waals surface area contributed by atoms with Gasteiger partial charge in [0, 0.05) is 79.3 Å². The average molecular weight is 855 g/mol. The highest BCUT2D eigenvalue weighted by atomic mass is 35.5. The fourth-order valence-corrected chi connectivity index (χ4v) is 9.01. The second kappa shape index (κ2) is 17.5. The molecule has 6 rings (SSSR count). The van der Waals surface area contributed by atoms with Crippen molar-refractivity contribution in [2.45, 2.75) is 77.3 Å². The van der Waals surface area contributed by atoms with Gasteiger partial charge in [-0.2, -0.15) is 0 Å². The minimum absolute atomic E-state index is 0.0850. The van der Waals surface area contributed by atoms with Gasteiger partial charge in [-0.05, 0) is 60.8 Å². The van der Waals surface area contributed by atoms with Crippen molar-refractivity contribution >= 4 is 55.1 Å². The van der Waals surface area contributed by atoms with E-state index in [1.165, 1.54) is 17.6 Å². The molecule has 1 fully saturated rings. The number of hydrogen-bond acceptors (Lipinski definition) is 8. The Morgan fingerprint density at radius 3 is 2.44 bits per heavy atom. The summed E-state index contributed by atoms with van der Waals surface area (Å²) in [7, 11) is 1.31. The summed E-state index contributed by atoms with van der Waals surface area (Å²) in [5, 5.41) is 14.0. The molecule has 1 saturated heterocycles. The second-order valence-corrected chi connectivity index (χ2v) is 22.1. The van der Waals surface area contributed by atoms with Gasteiger partial charge in [0.1, 0.15) is 5.75 Å². The van der Waals surface area contributed by atoms with Gasteiger partial charge in [-0.1, -0.05) is 73.8 Å². The Morgan fingerprint density at radius 1 is 1.04 bits per heavy atom. The number of carbonyl (C=O) groups excluding carboxylic acids is 1. The van der Waals surface area contributed by atoms with E-state index in [9.17, 15) is 14.7 Å². The van der Waals surface area contributed by atoms with E-state index in [-0.39, 0.29) is 41.0 Å². The van der Waals surface area contributed by atoms with Crippen LogP contribution in [-0.2, 0) is 28.7 Å². The first-order chi connectivity index (χ1) is 27.0. The highest BCUT2D eigenvalue weighted by molar-refractivity contribution is 6.74. The Labute approximate surface area is 350 Å². The number of amides is 2. The van der Waals surface area contributed by atoms with E-state index >= 15 is 0 Å². The molecular formula is C42H50Cl3N5O6Si. The normalized spacial score (nSPS) is 16.0. The third-order valence-electron chi connectivity index (χ3n) is 11.4. The fraction of sp³-hybridized carbons (Fsp3) is 0.429. The molecule has 0 saturated carbocycles. The number of carboxylic acid groups (broad SMARTS) is 1. The van der Waals surface area contributed by atoms with Gasteiger partial charge >= 0.3 is 6.09 Å². The number of aromatic nitrogens is 2. The third-order valence-corrected chi connectivity index (χ3v) is 17.0. The third kappa shape index (κ3) is 9.37. The summed E-state index contributed by atoms with van der Waals surface area (Å²) in [6, 6.07) is 12.9. The van der Waals surface area contributed by atoms with Gasteiger partial charge < -0.3 is 29.2 Å². The van der Waals surface area contributed by atoms with Crippen LogP contribution in [0.3, 0.4) is 0 Å². The highest BCUT2D eigenvalue weighted by Crippen LogP contribution is 2.44. The molecule has 1 unspecified atom stereocenters.